The molecule has 0 saturated heterocycles. The highest BCUT2D eigenvalue weighted by atomic mass is 19.1. The number of halogens is 1. The lowest BCUT2D eigenvalue weighted by molar-refractivity contribution is -0.132. The van der Waals surface area contributed by atoms with Crippen LogP contribution in [-0.2, 0) is 11.3 Å². The van der Waals surface area contributed by atoms with Gasteiger partial charge in [-0.05, 0) is 24.6 Å². The van der Waals surface area contributed by atoms with Crippen molar-refractivity contribution in [2.45, 2.75) is 13.5 Å². The molecule has 0 radical (unpaired) electrons. The molecule has 92 valence electrons. The van der Waals surface area contributed by atoms with Crippen LogP contribution < -0.4 is 11.6 Å². The summed E-state index contributed by atoms with van der Waals surface area (Å²) in [4.78, 5) is 10.6. The zero-order chi connectivity index (χ0) is 13.0. The Labute approximate surface area is 98.1 Å². The van der Waals surface area contributed by atoms with Crippen LogP contribution in [0, 0.1) is 5.82 Å². The highest BCUT2D eigenvalue weighted by molar-refractivity contribution is 5.86. The topological polar surface area (TPSA) is 92.6 Å². The first-order valence-electron chi connectivity index (χ1n) is 4.88. The van der Waals surface area contributed by atoms with Crippen LogP contribution >= 0.6 is 0 Å². The largest absolute Gasteiger partial charge is 0.477 e. The molecule has 0 bridgehead atoms. The van der Waals surface area contributed by atoms with E-state index in [1.165, 1.54) is 19.1 Å². The van der Waals surface area contributed by atoms with Crippen molar-refractivity contribution in [1.29, 1.82) is 0 Å². The summed E-state index contributed by atoms with van der Waals surface area (Å²) in [6.45, 7) is 1.67. The molecule has 6 heteroatoms. The van der Waals surface area contributed by atoms with Crippen molar-refractivity contribution in [3.8, 4) is 0 Å². The van der Waals surface area contributed by atoms with Gasteiger partial charge in [-0.2, -0.15) is 0 Å². The van der Waals surface area contributed by atoms with E-state index in [1.807, 2.05) is 0 Å². The summed E-state index contributed by atoms with van der Waals surface area (Å²) in [5.74, 6) is 4.04. The summed E-state index contributed by atoms with van der Waals surface area (Å²) in [7, 11) is 0. The van der Waals surface area contributed by atoms with Gasteiger partial charge >= 0.3 is 5.97 Å². The molecule has 17 heavy (non-hydrogen) atoms. The molecule has 5 nitrogen and oxygen atoms in total. The summed E-state index contributed by atoms with van der Waals surface area (Å²) in [5, 5.41) is 9.85. The molecule has 0 heterocycles. The summed E-state index contributed by atoms with van der Waals surface area (Å²) in [5.41, 5.74) is 5.85. The van der Waals surface area contributed by atoms with Gasteiger partial charge in [-0.3, -0.25) is 0 Å². The van der Waals surface area contributed by atoms with Gasteiger partial charge in [0.05, 0.1) is 12.2 Å². The number of carboxylic acid groups (broad SMARTS) is 1. The molecular weight excluding hydrogens is 225 g/mol. The molecule has 0 saturated carbocycles. The van der Waals surface area contributed by atoms with Crippen molar-refractivity contribution >= 4 is 5.97 Å². The number of allylic oxidation sites excluding steroid dienone is 1. The van der Waals surface area contributed by atoms with Crippen molar-refractivity contribution in [3.63, 3.8) is 0 Å². The molecule has 0 amide bonds. The van der Waals surface area contributed by atoms with E-state index in [2.05, 4.69) is 0 Å². The number of carboxylic acids is 1. The number of hydrazine groups is 1. The second-order valence-electron chi connectivity index (χ2n) is 3.56. The number of nitrogens with zero attached hydrogens (tertiary/aromatic N) is 1. The van der Waals surface area contributed by atoms with E-state index >= 15 is 0 Å². The van der Waals surface area contributed by atoms with Gasteiger partial charge in [-0.15, -0.1) is 0 Å². The quantitative estimate of drug-likeness (QED) is 0.410. The number of carbonyl (C=O) groups is 1. The molecule has 0 aliphatic heterocycles. The smallest absolute Gasteiger partial charge is 0.353 e. The molecule has 0 spiro atoms. The monoisotopic (exact) mass is 239 g/mol. The molecule has 1 aromatic rings. The van der Waals surface area contributed by atoms with Gasteiger partial charge in [0.25, 0.3) is 0 Å². The third-order valence-corrected chi connectivity index (χ3v) is 2.29. The first kappa shape index (κ1) is 13.0. The Bertz CT molecular complexity index is 460. The molecule has 0 fully saturated rings. The van der Waals surface area contributed by atoms with Gasteiger partial charge in [-0.1, -0.05) is 12.1 Å². The van der Waals surface area contributed by atoms with E-state index in [0.717, 1.165) is 5.01 Å². The Morgan fingerprint density at radius 3 is 2.71 bits per heavy atom. The van der Waals surface area contributed by atoms with E-state index in [0.29, 0.717) is 5.56 Å². The SMILES string of the molecule is C/C(=C(/N)C(=O)O)N(N)Cc1cccc(F)c1. The Kier molecular flexibility index (Phi) is 4.06. The predicted octanol–water partition coefficient (Wildman–Crippen LogP) is 0.776. The fraction of sp³-hybridized carbons (Fsp3) is 0.182. The van der Waals surface area contributed by atoms with Gasteiger partial charge in [-0.25, -0.2) is 15.0 Å². The van der Waals surface area contributed by atoms with Crippen molar-refractivity contribution in [3.05, 3.63) is 47.0 Å². The zero-order valence-corrected chi connectivity index (χ0v) is 9.35. The first-order valence-corrected chi connectivity index (χ1v) is 4.88. The molecule has 0 aliphatic carbocycles. The van der Waals surface area contributed by atoms with Gasteiger partial charge in [0, 0.05) is 0 Å². The van der Waals surface area contributed by atoms with Crippen LogP contribution in [-0.4, -0.2) is 16.1 Å². The van der Waals surface area contributed by atoms with Crippen molar-refractivity contribution < 1.29 is 14.3 Å². The van der Waals surface area contributed by atoms with E-state index < -0.39 is 5.97 Å². The molecule has 5 N–H and O–H groups in total. The lowest BCUT2D eigenvalue weighted by atomic mass is 10.2. The molecule has 1 aromatic carbocycles. The van der Waals surface area contributed by atoms with Gasteiger partial charge in [0.15, 0.2) is 0 Å². The van der Waals surface area contributed by atoms with Gasteiger partial charge < -0.3 is 15.8 Å². The number of benzene rings is 1. The van der Waals surface area contributed by atoms with E-state index in [-0.39, 0.29) is 23.8 Å². The van der Waals surface area contributed by atoms with Crippen LogP contribution in [0.1, 0.15) is 12.5 Å². The van der Waals surface area contributed by atoms with Crippen LogP contribution in [0.25, 0.3) is 0 Å². The summed E-state index contributed by atoms with van der Waals surface area (Å²) in [6, 6.07) is 5.88. The highest BCUT2D eigenvalue weighted by Gasteiger charge is 2.11. The first-order chi connectivity index (χ1) is 7.91. The van der Waals surface area contributed by atoms with E-state index in [9.17, 15) is 9.18 Å². The number of hydrogen-bond acceptors (Lipinski definition) is 4. The molecule has 1 rings (SSSR count). The molecular formula is C11H14FN3O2. The summed E-state index contributed by atoms with van der Waals surface area (Å²) in [6.07, 6.45) is 0. The van der Waals surface area contributed by atoms with Gasteiger partial charge in [0.2, 0.25) is 0 Å². The highest BCUT2D eigenvalue weighted by Crippen LogP contribution is 2.10. The van der Waals surface area contributed by atoms with Crippen LogP contribution in [0.15, 0.2) is 35.7 Å². The van der Waals surface area contributed by atoms with Crippen LogP contribution in [0.4, 0.5) is 4.39 Å². The number of hydrogen-bond donors (Lipinski definition) is 3. The second kappa shape index (κ2) is 5.31. The average Bonchev–Trinajstić information content (AvgIpc) is 2.26. The fourth-order valence-corrected chi connectivity index (χ4v) is 1.26. The molecule has 0 aromatic heterocycles. The summed E-state index contributed by atoms with van der Waals surface area (Å²) >= 11 is 0. The molecule has 0 unspecified atom stereocenters. The Hall–Kier alpha value is -2.08. The van der Waals surface area contributed by atoms with Crippen molar-refractivity contribution in [2.75, 3.05) is 0 Å². The maximum Gasteiger partial charge on any atom is 0.353 e. The van der Waals surface area contributed by atoms with E-state index in [1.54, 1.807) is 12.1 Å². The lowest BCUT2D eigenvalue weighted by Crippen LogP contribution is -2.32. The Morgan fingerprint density at radius 1 is 1.53 bits per heavy atom. The fourth-order valence-electron chi connectivity index (χ4n) is 1.26. The van der Waals surface area contributed by atoms with Crippen LogP contribution in [0.2, 0.25) is 0 Å². The average molecular weight is 239 g/mol. The second-order valence-corrected chi connectivity index (χ2v) is 3.56. The van der Waals surface area contributed by atoms with Crippen molar-refractivity contribution in [1.82, 2.24) is 5.01 Å². The predicted molar refractivity (Wildman–Crippen MR) is 60.7 cm³/mol. The van der Waals surface area contributed by atoms with Crippen molar-refractivity contribution in [2.24, 2.45) is 11.6 Å². The van der Waals surface area contributed by atoms with Crippen LogP contribution in [0.5, 0.6) is 0 Å². The lowest BCUT2D eigenvalue weighted by Gasteiger charge is -2.20. The number of aliphatic carboxylic acids is 1. The normalized spacial score (nSPS) is 11.9. The minimum Gasteiger partial charge on any atom is -0.477 e. The third kappa shape index (κ3) is 3.46. The minimum atomic E-state index is -1.24. The zero-order valence-electron chi connectivity index (χ0n) is 9.35. The Balaban J connectivity index is 2.83. The third-order valence-electron chi connectivity index (χ3n) is 2.29. The van der Waals surface area contributed by atoms with Gasteiger partial charge in [0.1, 0.15) is 11.5 Å². The molecule has 0 aliphatic rings. The van der Waals surface area contributed by atoms with E-state index in [4.69, 9.17) is 16.7 Å². The maximum atomic E-state index is 12.9. The minimum absolute atomic E-state index is 0.178. The standard InChI is InChI=1S/C11H14FN3O2/c1-7(10(13)11(16)17)15(14)6-8-3-2-4-9(12)5-8/h2-5H,6,13-14H2,1H3,(H,16,17)/b10-7-. The maximum absolute atomic E-state index is 12.9. The Morgan fingerprint density at radius 2 is 2.18 bits per heavy atom. The summed E-state index contributed by atoms with van der Waals surface area (Å²) < 4.78 is 12.9. The molecule has 0 atom stereocenters. The number of nitrogens with two attached hydrogens (primary N) is 2. The number of rotatable bonds is 4. The van der Waals surface area contributed by atoms with Crippen LogP contribution in [0.3, 0.4) is 0 Å².